The van der Waals surface area contributed by atoms with Crippen molar-refractivity contribution in [3.8, 4) is 0 Å². The summed E-state index contributed by atoms with van der Waals surface area (Å²) in [6.07, 6.45) is 78.5. The number of esters is 1. The molecule has 6 nitrogen and oxygen atoms in total. The predicted molar refractivity (Wildman–Crippen MR) is 324 cm³/mol. The van der Waals surface area contributed by atoms with E-state index in [-0.39, 0.29) is 18.5 Å². The lowest BCUT2D eigenvalue weighted by Gasteiger charge is -2.20. The number of allylic oxidation sites excluding steroid dienone is 1. The number of carbonyl (C=O) groups excluding carboxylic acids is 2. The second kappa shape index (κ2) is 64.1. The molecule has 0 aliphatic heterocycles. The average molecular weight is 1040 g/mol. The van der Waals surface area contributed by atoms with Gasteiger partial charge in [0.05, 0.1) is 25.4 Å². The maximum atomic E-state index is 12.5. The van der Waals surface area contributed by atoms with Crippen LogP contribution in [0.3, 0.4) is 0 Å². The maximum absolute atomic E-state index is 12.5. The molecule has 0 radical (unpaired) electrons. The summed E-state index contributed by atoms with van der Waals surface area (Å²) in [6.45, 7) is 4.94. The molecular weight excluding hydrogens is 911 g/mol. The molecule has 0 aromatic heterocycles. The summed E-state index contributed by atoms with van der Waals surface area (Å²) in [5.41, 5.74) is 0. The van der Waals surface area contributed by atoms with E-state index in [0.29, 0.717) is 19.4 Å². The van der Waals surface area contributed by atoms with Gasteiger partial charge in [-0.05, 0) is 32.1 Å². The van der Waals surface area contributed by atoms with Crippen molar-refractivity contribution in [2.75, 3.05) is 13.2 Å². The summed E-state index contributed by atoms with van der Waals surface area (Å²) < 4.78 is 5.47. The Morgan fingerprint density at radius 1 is 0.365 bits per heavy atom. The van der Waals surface area contributed by atoms with Crippen molar-refractivity contribution in [2.45, 2.75) is 398 Å². The third-order valence-electron chi connectivity index (χ3n) is 16.1. The Morgan fingerprint density at radius 3 is 0.919 bits per heavy atom. The quantitative estimate of drug-likeness (QED) is 0.0320. The molecule has 2 unspecified atom stereocenters. The number of aliphatic hydroxyl groups is 2. The summed E-state index contributed by atoms with van der Waals surface area (Å²) >= 11 is 0. The Balaban J connectivity index is 3.40. The van der Waals surface area contributed by atoms with E-state index in [2.05, 4.69) is 19.2 Å². The molecule has 0 aromatic rings. The molecule has 6 heteroatoms. The Morgan fingerprint density at radius 2 is 0.622 bits per heavy atom. The topological polar surface area (TPSA) is 95.9 Å². The average Bonchev–Trinajstić information content (AvgIpc) is 3.40. The van der Waals surface area contributed by atoms with Gasteiger partial charge in [-0.1, -0.05) is 353 Å². The highest BCUT2D eigenvalue weighted by Gasteiger charge is 2.18. The van der Waals surface area contributed by atoms with Crippen molar-refractivity contribution in [1.82, 2.24) is 5.32 Å². The number of hydrogen-bond donors (Lipinski definition) is 3. The highest BCUT2D eigenvalue weighted by Crippen LogP contribution is 2.19. The monoisotopic (exact) mass is 1040 g/mol. The number of amides is 1. The van der Waals surface area contributed by atoms with Gasteiger partial charge in [0, 0.05) is 12.8 Å². The summed E-state index contributed by atoms with van der Waals surface area (Å²) in [5, 5.41) is 23.2. The lowest BCUT2D eigenvalue weighted by atomic mass is 10.0. The molecule has 440 valence electrons. The molecule has 0 spiro atoms. The van der Waals surface area contributed by atoms with Gasteiger partial charge in [-0.15, -0.1) is 0 Å². The normalized spacial score (nSPS) is 12.5. The first-order chi connectivity index (χ1) is 36.5. The van der Waals surface area contributed by atoms with Gasteiger partial charge in [-0.3, -0.25) is 9.59 Å². The first kappa shape index (κ1) is 72.6. The van der Waals surface area contributed by atoms with Crippen molar-refractivity contribution in [3.05, 3.63) is 12.2 Å². The third-order valence-corrected chi connectivity index (χ3v) is 16.1. The van der Waals surface area contributed by atoms with Crippen LogP contribution in [0.4, 0.5) is 0 Å². The van der Waals surface area contributed by atoms with E-state index in [1.807, 2.05) is 6.08 Å². The first-order valence-electron chi connectivity index (χ1n) is 34.0. The van der Waals surface area contributed by atoms with Gasteiger partial charge in [-0.2, -0.15) is 0 Å². The van der Waals surface area contributed by atoms with Gasteiger partial charge in [0.2, 0.25) is 5.91 Å². The van der Waals surface area contributed by atoms with Gasteiger partial charge >= 0.3 is 5.97 Å². The lowest BCUT2D eigenvalue weighted by molar-refractivity contribution is -0.143. The largest absolute Gasteiger partial charge is 0.466 e. The molecule has 3 N–H and O–H groups in total. The summed E-state index contributed by atoms with van der Waals surface area (Å²) in [5.74, 6) is -0.0467. The fourth-order valence-corrected chi connectivity index (χ4v) is 10.9. The molecule has 0 bridgehead atoms. The van der Waals surface area contributed by atoms with E-state index < -0.39 is 12.1 Å². The van der Waals surface area contributed by atoms with Crippen LogP contribution in [0.15, 0.2) is 12.2 Å². The van der Waals surface area contributed by atoms with E-state index in [1.165, 1.54) is 321 Å². The van der Waals surface area contributed by atoms with Crippen LogP contribution < -0.4 is 5.32 Å². The zero-order valence-electron chi connectivity index (χ0n) is 50.4. The van der Waals surface area contributed by atoms with Gasteiger partial charge in [0.1, 0.15) is 0 Å². The molecule has 0 saturated heterocycles. The molecule has 0 aliphatic rings. The third kappa shape index (κ3) is 59.8. The lowest BCUT2D eigenvalue weighted by Crippen LogP contribution is -2.45. The number of ether oxygens (including phenoxy) is 1. The number of hydrogen-bond acceptors (Lipinski definition) is 5. The second-order valence-corrected chi connectivity index (χ2v) is 23.5. The molecule has 1 amide bonds. The molecule has 0 aliphatic carbocycles. The molecule has 0 saturated carbocycles. The van der Waals surface area contributed by atoms with Gasteiger partial charge in [0.15, 0.2) is 0 Å². The Bertz CT molecular complexity index is 1110. The zero-order chi connectivity index (χ0) is 53.6. The predicted octanol–water partition coefficient (Wildman–Crippen LogP) is 21.6. The zero-order valence-corrected chi connectivity index (χ0v) is 50.4. The highest BCUT2D eigenvalue weighted by molar-refractivity contribution is 5.76. The van der Waals surface area contributed by atoms with Crippen LogP contribution in [-0.2, 0) is 14.3 Å². The minimum atomic E-state index is -0.844. The van der Waals surface area contributed by atoms with Gasteiger partial charge in [-0.25, -0.2) is 0 Å². The SMILES string of the molecule is CCCCCCCCCCCCCCCCCCCCCC/C=C/C(O)C(CO)NC(=O)CCCCCCCCCCCCCCCCCCCCCCCCCCOC(=O)CCCCCCCCCCCCC. The van der Waals surface area contributed by atoms with Crippen LogP contribution in [-0.4, -0.2) is 47.4 Å². The molecule has 2 atom stereocenters. The summed E-state index contributed by atoms with van der Waals surface area (Å²) in [7, 11) is 0. The Hall–Kier alpha value is -1.40. The van der Waals surface area contributed by atoms with E-state index in [1.54, 1.807) is 6.08 Å². The molecule has 0 aromatic carbocycles. The van der Waals surface area contributed by atoms with Crippen molar-refractivity contribution in [3.63, 3.8) is 0 Å². The molecule has 0 fully saturated rings. The van der Waals surface area contributed by atoms with Crippen LogP contribution in [0.25, 0.3) is 0 Å². The highest BCUT2D eigenvalue weighted by atomic mass is 16.5. The van der Waals surface area contributed by atoms with Crippen LogP contribution in [0, 0.1) is 0 Å². The van der Waals surface area contributed by atoms with Crippen LogP contribution in [0.5, 0.6) is 0 Å². The van der Waals surface area contributed by atoms with Crippen LogP contribution >= 0.6 is 0 Å². The molecule has 0 heterocycles. The summed E-state index contributed by atoms with van der Waals surface area (Å²) in [4.78, 5) is 24.5. The fraction of sp³-hybridized carbons (Fsp3) is 0.941. The summed E-state index contributed by atoms with van der Waals surface area (Å²) in [6, 6.07) is -0.627. The van der Waals surface area contributed by atoms with Crippen molar-refractivity contribution >= 4 is 11.9 Å². The number of carbonyl (C=O) groups is 2. The first-order valence-corrected chi connectivity index (χ1v) is 34.0. The van der Waals surface area contributed by atoms with E-state index in [0.717, 1.165) is 38.5 Å². The fourth-order valence-electron chi connectivity index (χ4n) is 10.9. The number of unbranched alkanes of at least 4 members (excludes halogenated alkanes) is 53. The van der Waals surface area contributed by atoms with Gasteiger partial charge in [0.25, 0.3) is 0 Å². The molecule has 74 heavy (non-hydrogen) atoms. The van der Waals surface area contributed by atoms with Crippen molar-refractivity contribution in [1.29, 1.82) is 0 Å². The van der Waals surface area contributed by atoms with Crippen molar-refractivity contribution < 1.29 is 24.5 Å². The Labute approximate surface area is 463 Å². The van der Waals surface area contributed by atoms with E-state index in [9.17, 15) is 19.8 Å². The smallest absolute Gasteiger partial charge is 0.305 e. The number of nitrogens with one attached hydrogen (secondary N) is 1. The van der Waals surface area contributed by atoms with Gasteiger partial charge < -0.3 is 20.3 Å². The van der Waals surface area contributed by atoms with Crippen molar-refractivity contribution in [2.24, 2.45) is 0 Å². The minimum absolute atomic E-state index is 0.0156. The Kier molecular flexibility index (Phi) is 62.9. The number of rotatable bonds is 64. The number of aliphatic hydroxyl groups excluding tert-OH is 2. The van der Waals surface area contributed by atoms with E-state index >= 15 is 0 Å². The molecule has 0 rings (SSSR count). The van der Waals surface area contributed by atoms with Crippen LogP contribution in [0.1, 0.15) is 386 Å². The second-order valence-electron chi connectivity index (χ2n) is 23.5. The maximum Gasteiger partial charge on any atom is 0.305 e. The van der Waals surface area contributed by atoms with Crippen LogP contribution in [0.2, 0.25) is 0 Å². The molecular formula is C68H133NO5. The minimum Gasteiger partial charge on any atom is -0.466 e. The van der Waals surface area contributed by atoms with E-state index in [4.69, 9.17) is 4.74 Å². The standard InChI is InChI=1S/C68H133NO5/c1-3-5-7-9-11-13-15-16-17-18-19-20-25-28-31-34-37-41-44-48-52-56-60-66(71)65(64-70)69-67(72)61-57-53-49-45-42-38-35-32-29-26-23-21-22-24-27-30-33-36-39-43-47-51-55-59-63-74-68(73)62-58-54-50-46-40-14-12-10-8-6-4-2/h56,60,65-66,70-71H,3-55,57-59,61-64H2,1-2H3,(H,69,72)/b60-56+.